The molecule has 1 N–H and O–H groups in total. The van der Waals surface area contributed by atoms with E-state index in [1.54, 1.807) is 11.3 Å². The fourth-order valence-corrected chi connectivity index (χ4v) is 2.22. The molecule has 1 aliphatic rings. The molecule has 68 valence electrons. The molecule has 2 nitrogen and oxygen atoms in total. The number of nitrogens with one attached hydrogen (secondary N) is 1. The number of aromatic nitrogens is 1. The van der Waals surface area contributed by atoms with Crippen LogP contribution in [0, 0.1) is 0 Å². The lowest BCUT2D eigenvalue weighted by Crippen LogP contribution is -2.25. The van der Waals surface area contributed by atoms with E-state index in [2.05, 4.69) is 10.3 Å². The summed E-state index contributed by atoms with van der Waals surface area (Å²) in [6.45, 7) is 1.17. The van der Waals surface area contributed by atoms with E-state index in [-0.39, 0.29) is 12.4 Å². The summed E-state index contributed by atoms with van der Waals surface area (Å²) in [7, 11) is 0. The number of rotatable bonds is 1. The van der Waals surface area contributed by atoms with Crippen LogP contribution in [-0.2, 0) is 0 Å². The SMILES string of the molecule is Cl.c1ncc([C@@H]2CCCCN2)s1. The highest BCUT2D eigenvalue weighted by Crippen LogP contribution is 2.24. The van der Waals surface area contributed by atoms with Gasteiger partial charge in [0.1, 0.15) is 0 Å². The van der Waals surface area contributed by atoms with E-state index in [0.717, 1.165) is 0 Å². The molecule has 0 saturated carbocycles. The van der Waals surface area contributed by atoms with Gasteiger partial charge >= 0.3 is 0 Å². The predicted octanol–water partition coefficient (Wildman–Crippen LogP) is 2.38. The van der Waals surface area contributed by atoms with Gasteiger partial charge in [-0.25, -0.2) is 0 Å². The molecule has 0 amide bonds. The summed E-state index contributed by atoms with van der Waals surface area (Å²) < 4.78 is 0. The predicted molar refractivity (Wildman–Crippen MR) is 54.0 cm³/mol. The van der Waals surface area contributed by atoms with E-state index in [1.165, 1.54) is 30.7 Å². The fraction of sp³-hybridized carbons (Fsp3) is 0.625. The van der Waals surface area contributed by atoms with Gasteiger partial charge in [0.25, 0.3) is 0 Å². The normalized spacial score (nSPS) is 23.2. The van der Waals surface area contributed by atoms with Crippen LogP contribution in [0.5, 0.6) is 0 Å². The Morgan fingerprint density at radius 3 is 3.00 bits per heavy atom. The van der Waals surface area contributed by atoms with Crippen molar-refractivity contribution in [2.45, 2.75) is 25.3 Å². The van der Waals surface area contributed by atoms with Gasteiger partial charge in [-0.1, -0.05) is 6.42 Å². The van der Waals surface area contributed by atoms with E-state index in [4.69, 9.17) is 0 Å². The van der Waals surface area contributed by atoms with Gasteiger partial charge in [0, 0.05) is 17.1 Å². The maximum Gasteiger partial charge on any atom is 0.0794 e. The van der Waals surface area contributed by atoms with Crippen molar-refractivity contribution in [2.75, 3.05) is 6.54 Å². The molecule has 1 aromatic heterocycles. The Morgan fingerprint density at radius 2 is 2.42 bits per heavy atom. The van der Waals surface area contributed by atoms with E-state index in [0.29, 0.717) is 6.04 Å². The van der Waals surface area contributed by atoms with Crippen molar-refractivity contribution in [2.24, 2.45) is 0 Å². The van der Waals surface area contributed by atoms with Crippen molar-refractivity contribution >= 4 is 23.7 Å². The van der Waals surface area contributed by atoms with Crippen LogP contribution in [0.15, 0.2) is 11.7 Å². The zero-order chi connectivity index (χ0) is 7.52. The third-order valence-electron chi connectivity index (χ3n) is 2.11. The number of thiazole rings is 1. The lowest BCUT2D eigenvalue weighted by Gasteiger charge is -2.21. The second-order valence-electron chi connectivity index (χ2n) is 2.91. The molecule has 12 heavy (non-hydrogen) atoms. The van der Waals surface area contributed by atoms with Crippen LogP contribution < -0.4 is 5.32 Å². The molecule has 1 aliphatic heterocycles. The highest BCUT2D eigenvalue weighted by atomic mass is 35.5. The molecule has 4 heteroatoms. The average Bonchev–Trinajstić information content (AvgIpc) is 2.58. The van der Waals surface area contributed by atoms with Crippen molar-refractivity contribution < 1.29 is 0 Å². The van der Waals surface area contributed by atoms with Crippen molar-refractivity contribution in [1.29, 1.82) is 0 Å². The van der Waals surface area contributed by atoms with Crippen LogP contribution in [0.4, 0.5) is 0 Å². The monoisotopic (exact) mass is 204 g/mol. The Hall–Kier alpha value is -0.120. The topological polar surface area (TPSA) is 24.9 Å². The van der Waals surface area contributed by atoms with Crippen LogP contribution >= 0.6 is 23.7 Å². The number of hydrogen-bond donors (Lipinski definition) is 1. The molecule has 0 unspecified atom stereocenters. The van der Waals surface area contributed by atoms with Crippen LogP contribution in [0.2, 0.25) is 0 Å². The molecule has 2 rings (SSSR count). The molecule has 0 radical (unpaired) electrons. The summed E-state index contributed by atoms with van der Waals surface area (Å²) in [5.74, 6) is 0. The highest BCUT2D eigenvalue weighted by Gasteiger charge is 2.14. The second-order valence-corrected chi connectivity index (χ2v) is 3.82. The van der Waals surface area contributed by atoms with Crippen molar-refractivity contribution in [3.8, 4) is 0 Å². The maximum atomic E-state index is 4.08. The van der Waals surface area contributed by atoms with Gasteiger partial charge in [0.2, 0.25) is 0 Å². The molecule has 1 aromatic rings. The van der Waals surface area contributed by atoms with Crippen LogP contribution in [0.25, 0.3) is 0 Å². The number of piperidine rings is 1. The molecule has 1 saturated heterocycles. The average molecular weight is 205 g/mol. The van der Waals surface area contributed by atoms with Gasteiger partial charge in [-0.2, -0.15) is 0 Å². The molecule has 1 fully saturated rings. The van der Waals surface area contributed by atoms with Gasteiger partial charge in [-0.3, -0.25) is 4.98 Å². The van der Waals surface area contributed by atoms with Gasteiger partial charge in [-0.15, -0.1) is 23.7 Å². The fourth-order valence-electron chi connectivity index (χ4n) is 1.49. The highest BCUT2D eigenvalue weighted by molar-refractivity contribution is 7.09. The molecule has 0 spiro atoms. The first kappa shape index (κ1) is 9.96. The quantitative estimate of drug-likeness (QED) is 0.760. The summed E-state index contributed by atoms with van der Waals surface area (Å²) in [5.41, 5.74) is 1.91. The van der Waals surface area contributed by atoms with Gasteiger partial charge in [0.15, 0.2) is 0 Å². The van der Waals surface area contributed by atoms with Gasteiger partial charge in [0.05, 0.1) is 5.51 Å². The standard InChI is InChI=1S/C8H12N2S.ClH/c1-2-4-10-7(3-1)8-5-9-6-11-8;/h5-7,10H,1-4H2;1H/t7-;/m0./s1. The van der Waals surface area contributed by atoms with Gasteiger partial charge < -0.3 is 5.32 Å². The van der Waals surface area contributed by atoms with Crippen molar-refractivity contribution in [3.63, 3.8) is 0 Å². The summed E-state index contributed by atoms with van der Waals surface area (Å²) in [6, 6.07) is 0.594. The third-order valence-corrected chi connectivity index (χ3v) is 2.99. The minimum absolute atomic E-state index is 0. The first-order valence-electron chi connectivity index (χ1n) is 4.08. The summed E-state index contributed by atoms with van der Waals surface area (Å²) in [4.78, 5) is 5.47. The molecule has 1 atom stereocenters. The zero-order valence-corrected chi connectivity index (χ0v) is 8.46. The lowest BCUT2D eigenvalue weighted by atomic mass is 10.0. The molecule has 0 aliphatic carbocycles. The first-order chi connectivity index (χ1) is 5.47. The van der Waals surface area contributed by atoms with Gasteiger partial charge in [-0.05, 0) is 19.4 Å². The first-order valence-corrected chi connectivity index (χ1v) is 4.96. The summed E-state index contributed by atoms with van der Waals surface area (Å²) in [5, 5.41) is 3.49. The van der Waals surface area contributed by atoms with Crippen LogP contribution in [0.1, 0.15) is 30.2 Å². The van der Waals surface area contributed by atoms with Crippen LogP contribution in [-0.4, -0.2) is 11.5 Å². The Bertz CT molecular complexity index is 207. The Morgan fingerprint density at radius 1 is 1.50 bits per heavy atom. The van der Waals surface area contributed by atoms with Crippen LogP contribution in [0.3, 0.4) is 0 Å². The second kappa shape index (κ2) is 4.80. The number of nitrogens with zero attached hydrogens (tertiary/aromatic N) is 1. The summed E-state index contributed by atoms with van der Waals surface area (Å²) in [6.07, 6.45) is 5.95. The largest absolute Gasteiger partial charge is 0.309 e. The molecule has 0 bridgehead atoms. The Labute approximate surface area is 82.8 Å². The Balaban J connectivity index is 0.000000720. The minimum Gasteiger partial charge on any atom is -0.309 e. The maximum absolute atomic E-state index is 4.08. The minimum atomic E-state index is 0. The Kier molecular flexibility index (Phi) is 3.98. The molecule has 2 heterocycles. The molecular formula is C8H13ClN2S. The van der Waals surface area contributed by atoms with Crippen molar-refractivity contribution in [3.05, 3.63) is 16.6 Å². The molecule has 0 aromatic carbocycles. The van der Waals surface area contributed by atoms with E-state index >= 15 is 0 Å². The third kappa shape index (κ3) is 2.19. The van der Waals surface area contributed by atoms with E-state index in [9.17, 15) is 0 Å². The van der Waals surface area contributed by atoms with E-state index in [1.807, 2.05) is 11.7 Å². The lowest BCUT2D eigenvalue weighted by molar-refractivity contribution is 0.417. The van der Waals surface area contributed by atoms with E-state index < -0.39 is 0 Å². The molecular weight excluding hydrogens is 192 g/mol. The zero-order valence-electron chi connectivity index (χ0n) is 6.82. The summed E-state index contributed by atoms with van der Waals surface area (Å²) >= 11 is 1.76. The van der Waals surface area contributed by atoms with Crippen molar-refractivity contribution in [1.82, 2.24) is 10.3 Å². The smallest absolute Gasteiger partial charge is 0.0794 e. The number of halogens is 1. The number of hydrogen-bond acceptors (Lipinski definition) is 3.